The highest BCUT2D eigenvalue weighted by Gasteiger charge is 2.54. The molecule has 8 heteroatoms. The van der Waals surface area contributed by atoms with Gasteiger partial charge in [-0.2, -0.15) is 0 Å². The van der Waals surface area contributed by atoms with Crippen molar-refractivity contribution < 1.29 is 18.5 Å². The van der Waals surface area contributed by atoms with Crippen LogP contribution in [0.3, 0.4) is 0 Å². The number of halogens is 1. The fourth-order valence-electron chi connectivity index (χ4n) is 4.00. The number of imide groups is 1. The lowest BCUT2D eigenvalue weighted by atomic mass is 10.1. The number of amides is 3. The minimum atomic E-state index is -0.670. The fourth-order valence-corrected chi connectivity index (χ4v) is 4.00. The monoisotopic (exact) mass is 384 g/mol. The first-order valence-corrected chi connectivity index (χ1v) is 9.27. The van der Waals surface area contributed by atoms with Gasteiger partial charge in [0.2, 0.25) is 11.9 Å². The first-order chi connectivity index (χ1) is 13.2. The first-order valence-electron chi connectivity index (χ1n) is 9.27. The third kappa shape index (κ3) is 2.47. The van der Waals surface area contributed by atoms with Crippen molar-refractivity contribution >= 4 is 23.7 Å². The highest BCUT2D eigenvalue weighted by molar-refractivity contribution is 6.19. The first kappa shape index (κ1) is 18.3. The average Bonchev–Trinajstić information content (AvgIpc) is 3.14. The van der Waals surface area contributed by atoms with Crippen molar-refractivity contribution in [2.45, 2.75) is 46.3 Å². The largest absolute Gasteiger partial charge is 0.402 e. The number of fused-ring (bicyclic) bond motifs is 3. The fraction of sp³-hybridized carbons (Fsp3) is 0.400. The molecule has 1 atom stereocenters. The molecule has 28 heavy (non-hydrogen) atoms. The number of benzene rings is 1. The molecule has 146 valence electrons. The molecular formula is C20H23FN5O2+. The van der Waals surface area contributed by atoms with E-state index >= 15 is 0 Å². The van der Waals surface area contributed by atoms with Crippen molar-refractivity contribution in [1.29, 1.82) is 0 Å². The van der Waals surface area contributed by atoms with Gasteiger partial charge in [0.25, 0.3) is 5.91 Å². The normalized spacial score (nSPS) is 18.7. The molecule has 0 N–H and O–H groups in total. The van der Waals surface area contributed by atoms with Gasteiger partial charge in [-0.15, -0.1) is 0 Å². The smallest absolute Gasteiger partial charge is 0.270 e. The number of carbonyl (C=O) groups excluding carboxylic acids is 2. The van der Waals surface area contributed by atoms with Gasteiger partial charge in [0.1, 0.15) is 17.2 Å². The third-order valence-corrected chi connectivity index (χ3v) is 5.53. The number of carbonyl (C=O) groups is 2. The minimum Gasteiger partial charge on any atom is -0.270 e. The van der Waals surface area contributed by atoms with Crippen LogP contribution in [0.2, 0.25) is 0 Å². The van der Waals surface area contributed by atoms with Crippen LogP contribution < -0.4 is 4.57 Å². The molecule has 3 amide bonds. The van der Waals surface area contributed by atoms with Gasteiger partial charge in [0.05, 0.1) is 12.6 Å². The lowest BCUT2D eigenvalue weighted by Gasteiger charge is -2.33. The molecule has 3 heterocycles. The summed E-state index contributed by atoms with van der Waals surface area (Å²) in [5, 5.41) is 0. The molecule has 0 radical (unpaired) electrons. The van der Waals surface area contributed by atoms with E-state index in [1.165, 1.54) is 21.9 Å². The minimum absolute atomic E-state index is 0.0882. The standard InChI is InChI=1S/C20H23FN5O2/c1-11(2)25-12(3)13(4)26-16-17(22-19(25)26)23(5)20(28)24(18(16)27)10-14-6-8-15(21)9-7-14/h6-9,11,16H,10H2,1-5H3/q+1. The molecule has 1 unspecified atom stereocenters. The summed E-state index contributed by atoms with van der Waals surface area (Å²) < 4.78 is 17.2. The molecule has 2 aromatic rings. The number of aliphatic imine (C=N–C) groups is 1. The number of rotatable bonds is 3. The Morgan fingerprint density at radius 2 is 1.82 bits per heavy atom. The maximum Gasteiger partial charge on any atom is 0.402 e. The summed E-state index contributed by atoms with van der Waals surface area (Å²) in [7, 11) is 1.63. The van der Waals surface area contributed by atoms with Crippen LogP contribution >= 0.6 is 0 Å². The Morgan fingerprint density at radius 3 is 2.43 bits per heavy atom. The molecule has 1 saturated heterocycles. The van der Waals surface area contributed by atoms with Crippen molar-refractivity contribution in [2.24, 2.45) is 4.99 Å². The Kier molecular flexibility index (Phi) is 4.10. The van der Waals surface area contributed by atoms with Crippen LogP contribution in [0.25, 0.3) is 0 Å². The molecule has 2 aliphatic rings. The van der Waals surface area contributed by atoms with Gasteiger partial charge < -0.3 is 0 Å². The number of imidazole rings is 1. The number of amidine groups is 1. The van der Waals surface area contributed by atoms with Crippen molar-refractivity contribution in [2.75, 3.05) is 7.05 Å². The summed E-state index contributed by atoms with van der Waals surface area (Å²) >= 11 is 0. The lowest BCUT2D eigenvalue weighted by molar-refractivity contribution is -0.683. The predicted octanol–water partition coefficient (Wildman–Crippen LogP) is 2.79. The van der Waals surface area contributed by atoms with Crippen LogP contribution in [0.15, 0.2) is 29.3 Å². The quantitative estimate of drug-likeness (QED) is 0.764. The number of hydrogen-bond acceptors (Lipinski definition) is 3. The van der Waals surface area contributed by atoms with Crippen LogP contribution in [-0.4, -0.2) is 39.2 Å². The Morgan fingerprint density at radius 1 is 1.18 bits per heavy atom. The van der Waals surface area contributed by atoms with E-state index in [0.29, 0.717) is 17.3 Å². The van der Waals surface area contributed by atoms with E-state index in [9.17, 15) is 14.0 Å². The molecular weight excluding hydrogens is 361 g/mol. The molecule has 0 saturated carbocycles. The Hall–Kier alpha value is -3.03. The highest BCUT2D eigenvalue weighted by Crippen LogP contribution is 2.33. The van der Waals surface area contributed by atoms with E-state index in [1.54, 1.807) is 19.2 Å². The Balaban J connectivity index is 1.77. The highest BCUT2D eigenvalue weighted by atomic mass is 19.1. The van der Waals surface area contributed by atoms with E-state index in [0.717, 1.165) is 11.4 Å². The number of urea groups is 1. The summed E-state index contributed by atoms with van der Waals surface area (Å²) in [5.74, 6) is 0.446. The summed E-state index contributed by atoms with van der Waals surface area (Å²) in [6.07, 6.45) is 0. The van der Waals surface area contributed by atoms with Crippen molar-refractivity contribution in [1.82, 2.24) is 14.4 Å². The van der Waals surface area contributed by atoms with E-state index in [2.05, 4.69) is 23.4 Å². The zero-order chi connectivity index (χ0) is 20.3. The van der Waals surface area contributed by atoms with Crippen LogP contribution in [0, 0.1) is 19.7 Å². The summed E-state index contributed by atoms with van der Waals surface area (Å²) in [6.45, 7) is 8.18. The summed E-state index contributed by atoms with van der Waals surface area (Å²) in [4.78, 5) is 33.5. The van der Waals surface area contributed by atoms with Crippen molar-refractivity contribution in [3.63, 3.8) is 0 Å². The van der Waals surface area contributed by atoms with E-state index in [1.807, 2.05) is 18.4 Å². The Bertz CT molecular complexity index is 1020. The van der Waals surface area contributed by atoms with Gasteiger partial charge in [-0.25, -0.2) is 18.3 Å². The Labute approximate surface area is 162 Å². The van der Waals surface area contributed by atoms with Gasteiger partial charge in [-0.3, -0.25) is 14.6 Å². The maximum absolute atomic E-state index is 13.3. The molecule has 0 aliphatic carbocycles. The van der Waals surface area contributed by atoms with E-state index < -0.39 is 12.1 Å². The summed E-state index contributed by atoms with van der Waals surface area (Å²) in [6, 6.07) is 4.88. The average molecular weight is 384 g/mol. The third-order valence-electron chi connectivity index (χ3n) is 5.53. The van der Waals surface area contributed by atoms with E-state index in [4.69, 9.17) is 0 Å². The van der Waals surface area contributed by atoms with Crippen LogP contribution in [0.4, 0.5) is 15.1 Å². The second-order valence-electron chi connectivity index (χ2n) is 7.57. The van der Waals surface area contributed by atoms with Crippen molar-refractivity contribution in [3.8, 4) is 0 Å². The number of likely N-dealkylation sites (N-methyl/N-ethyl adjacent to an activating group) is 1. The second-order valence-corrected chi connectivity index (χ2v) is 7.57. The molecule has 1 aromatic heterocycles. The SMILES string of the molecule is Cc1c(C)[n+]2c(n1C(C)C)N=C1C2C(=O)N(Cc2ccc(F)cc2)C(=O)N1C. The zero-order valence-electron chi connectivity index (χ0n) is 16.6. The number of nitrogens with zero attached hydrogens (tertiary/aromatic N) is 5. The van der Waals surface area contributed by atoms with Gasteiger partial charge in [0.15, 0.2) is 0 Å². The molecule has 4 rings (SSSR count). The zero-order valence-corrected chi connectivity index (χ0v) is 16.6. The number of aromatic nitrogens is 2. The topological polar surface area (TPSA) is 61.8 Å². The second kappa shape index (κ2) is 6.25. The molecule has 1 aromatic carbocycles. The molecule has 2 aliphatic heterocycles. The van der Waals surface area contributed by atoms with Crippen molar-refractivity contribution in [3.05, 3.63) is 47.0 Å². The van der Waals surface area contributed by atoms with Crippen LogP contribution in [0.5, 0.6) is 0 Å². The van der Waals surface area contributed by atoms with Crippen LogP contribution in [-0.2, 0) is 11.3 Å². The molecule has 0 spiro atoms. The molecule has 1 fully saturated rings. The molecule has 0 bridgehead atoms. The molecule has 7 nitrogen and oxygen atoms in total. The van der Waals surface area contributed by atoms with Gasteiger partial charge >= 0.3 is 12.0 Å². The van der Waals surface area contributed by atoms with Gasteiger partial charge in [-0.1, -0.05) is 17.1 Å². The summed E-state index contributed by atoms with van der Waals surface area (Å²) in [5.41, 5.74) is 2.68. The maximum atomic E-state index is 13.3. The van der Waals surface area contributed by atoms with Gasteiger partial charge in [0, 0.05) is 7.05 Å². The van der Waals surface area contributed by atoms with Gasteiger partial charge in [-0.05, 0) is 45.4 Å². The van der Waals surface area contributed by atoms with E-state index in [-0.39, 0.29) is 24.3 Å². The number of hydrogen-bond donors (Lipinski definition) is 0. The predicted molar refractivity (Wildman–Crippen MR) is 101 cm³/mol. The van der Waals surface area contributed by atoms with Crippen LogP contribution in [0.1, 0.15) is 42.9 Å². The lowest BCUT2D eigenvalue weighted by Crippen LogP contribution is -2.63.